The molecule has 1 saturated carbocycles. The first-order chi connectivity index (χ1) is 9.98. The first kappa shape index (κ1) is 14.1. The van der Waals surface area contributed by atoms with Gasteiger partial charge in [-0.25, -0.2) is 8.42 Å². The molecule has 5 heteroatoms. The van der Waals surface area contributed by atoms with Gasteiger partial charge < -0.3 is 5.32 Å². The van der Waals surface area contributed by atoms with Gasteiger partial charge in [-0.2, -0.15) is 0 Å². The van der Waals surface area contributed by atoms with E-state index in [1.807, 2.05) is 24.3 Å². The predicted molar refractivity (Wildman–Crippen MR) is 81.8 cm³/mol. The Morgan fingerprint density at radius 2 is 1.81 bits per heavy atom. The van der Waals surface area contributed by atoms with Crippen LogP contribution in [0.25, 0.3) is 10.8 Å². The van der Waals surface area contributed by atoms with Crippen molar-refractivity contribution < 1.29 is 13.2 Å². The molecule has 21 heavy (non-hydrogen) atoms. The molecule has 2 aromatic rings. The van der Waals surface area contributed by atoms with E-state index in [9.17, 15) is 13.2 Å². The minimum absolute atomic E-state index is 0.159. The van der Waals surface area contributed by atoms with Crippen molar-refractivity contribution in [3.05, 3.63) is 42.5 Å². The molecular formula is C16H17NO3S. The smallest absolute Gasteiger partial charge is 0.238 e. The maximum atomic E-state index is 12.6. The lowest BCUT2D eigenvalue weighted by atomic mass is 10.1. The van der Waals surface area contributed by atoms with Gasteiger partial charge in [-0.1, -0.05) is 30.3 Å². The molecule has 2 aromatic carbocycles. The molecule has 3 rings (SSSR count). The zero-order valence-electron chi connectivity index (χ0n) is 11.7. The normalized spacial score (nSPS) is 16.6. The topological polar surface area (TPSA) is 63.2 Å². The van der Waals surface area contributed by atoms with E-state index in [1.54, 1.807) is 18.2 Å². The number of carbonyl (C=O) groups is 1. The second kappa shape index (κ2) is 5.15. The number of nitrogens with one attached hydrogen (secondary N) is 1. The minimum atomic E-state index is -3.66. The second-order valence-electron chi connectivity index (χ2n) is 5.48. The summed E-state index contributed by atoms with van der Waals surface area (Å²) in [5.74, 6) is -0.411. The van der Waals surface area contributed by atoms with Gasteiger partial charge in [0.25, 0.3) is 0 Å². The van der Waals surface area contributed by atoms with Gasteiger partial charge in [0.15, 0.2) is 9.84 Å². The molecular weight excluding hydrogens is 286 g/mol. The first-order valence-electron chi connectivity index (χ1n) is 7.01. The van der Waals surface area contributed by atoms with E-state index < -0.39 is 21.0 Å². The maximum Gasteiger partial charge on any atom is 0.238 e. The summed E-state index contributed by atoms with van der Waals surface area (Å²) < 4.78 is 25.1. The summed E-state index contributed by atoms with van der Waals surface area (Å²) >= 11 is 0. The van der Waals surface area contributed by atoms with Crippen molar-refractivity contribution >= 4 is 26.5 Å². The van der Waals surface area contributed by atoms with Gasteiger partial charge in [0.2, 0.25) is 5.91 Å². The second-order valence-corrected chi connectivity index (χ2v) is 7.75. The Morgan fingerprint density at radius 1 is 1.14 bits per heavy atom. The fourth-order valence-electron chi connectivity index (χ4n) is 2.24. The van der Waals surface area contributed by atoms with Gasteiger partial charge >= 0.3 is 0 Å². The van der Waals surface area contributed by atoms with E-state index in [0.717, 1.165) is 23.6 Å². The molecule has 0 unspecified atom stereocenters. The van der Waals surface area contributed by atoms with Crippen LogP contribution in [0.2, 0.25) is 0 Å². The molecule has 0 radical (unpaired) electrons. The van der Waals surface area contributed by atoms with Crippen LogP contribution in [0.5, 0.6) is 0 Å². The average Bonchev–Trinajstić information content (AvgIpc) is 3.29. The zero-order valence-corrected chi connectivity index (χ0v) is 12.6. The van der Waals surface area contributed by atoms with E-state index in [2.05, 4.69) is 5.32 Å². The Kier molecular flexibility index (Phi) is 3.45. The molecule has 0 saturated heterocycles. The van der Waals surface area contributed by atoms with Crippen molar-refractivity contribution in [2.75, 3.05) is 0 Å². The van der Waals surface area contributed by atoms with E-state index in [-0.39, 0.29) is 10.9 Å². The number of amides is 1. The van der Waals surface area contributed by atoms with Crippen molar-refractivity contribution in [3.8, 4) is 0 Å². The van der Waals surface area contributed by atoms with Crippen LogP contribution in [0.15, 0.2) is 47.4 Å². The Labute approximate surface area is 124 Å². The maximum absolute atomic E-state index is 12.6. The van der Waals surface area contributed by atoms with Crippen molar-refractivity contribution in [2.24, 2.45) is 0 Å². The third-order valence-electron chi connectivity index (χ3n) is 3.81. The van der Waals surface area contributed by atoms with Crippen molar-refractivity contribution in [1.29, 1.82) is 0 Å². The molecule has 1 amide bonds. The van der Waals surface area contributed by atoms with Crippen LogP contribution in [0, 0.1) is 0 Å². The van der Waals surface area contributed by atoms with Crippen LogP contribution in [-0.4, -0.2) is 25.6 Å². The van der Waals surface area contributed by atoms with Crippen LogP contribution in [0.3, 0.4) is 0 Å². The van der Waals surface area contributed by atoms with Gasteiger partial charge in [-0.15, -0.1) is 0 Å². The number of carbonyl (C=O) groups excluding carboxylic acids is 1. The lowest BCUT2D eigenvalue weighted by molar-refractivity contribution is -0.120. The quantitative estimate of drug-likeness (QED) is 0.942. The molecule has 1 aliphatic carbocycles. The molecule has 1 aliphatic rings. The van der Waals surface area contributed by atoms with Gasteiger partial charge in [0, 0.05) is 6.04 Å². The van der Waals surface area contributed by atoms with Crippen molar-refractivity contribution in [2.45, 2.75) is 36.0 Å². The highest BCUT2D eigenvalue weighted by Gasteiger charge is 2.33. The van der Waals surface area contributed by atoms with Crippen LogP contribution in [0.4, 0.5) is 0 Å². The highest BCUT2D eigenvalue weighted by molar-refractivity contribution is 7.92. The van der Waals surface area contributed by atoms with Crippen LogP contribution < -0.4 is 5.32 Å². The van der Waals surface area contributed by atoms with E-state index >= 15 is 0 Å². The Bertz CT molecular complexity index is 794. The number of benzene rings is 2. The van der Waals surface area contributed by atoms with Crippen LogP contribution in [0.1, 0.15) is 19.8 Å². The Hall–Kier alpha value is -1.88. The molecule has 1 N–H and O–H groups in total. The zero-order chi connectivity index (χ0) is 15.0. The molecule has 0 heterocycles. The van der Waals surface area contributed by atoms with Gasteiger partial charge in [-0.3, -0.25) is 4.79 Å². The molecule has 0 aromatic heterocycles. The summed E-state index contributed by atoms with van der Waals surface area (Å²) in [6.07, 6.45) is 1.88. The number of hydrogen-bond donors (Lipinski definition) is 1. The SMILES string of the molecule is C[C@H](C(=O)NC1CC1)S(=O)(=O)c1ccc2ccccc2c1. The molecule has 0 aliphatic heterocycles. The fourth-order valence-corrected chi connectivity index (χ4v) is 3.54. The van der Waals surface area contributed by atoms with Gasteiger partial charge in [-0.05, 0) is 42.7 Å². The summed E-state index contributed by atoms with van der Waals surface area (Å²) in [4.78, 5) is 12.2. The molecule has 0 bridgehead atoms. The monoisotopic (exact) mass is 303 g/mol. The predicted octanol–water partition coefficient (Wildman–Crippen LogP) is 2.28. The first-order valence-corrected chi connectivity index (χ1v) is 8.56. The Balaban J connectivity index is 1.92. The van der Waals surface area contributed by atoms with E-state index in [4.69, 9.17) is 0 Å². The number of hydrogen-bond acceptors (Lipinski definition) is 3. The molecule has 1 atom stereocenters. The number of sulfone groups is 1. The largest absolute Gasteiger partial charge is 0.352 e. The summed E-state index contributed by atoms with van der Waals surface area (Å²) in [5.41, 5.74) is 0. The van der Waals surface area contributed by atoms with Gasteiger partial charge in [0.1, 0.15) is 5.25 Å². The highest BCUT2D eigenvalue weighted by atomic mass is 32.2. The standard InChI is InChI=1S/C16H17NO3S/c1-11(16(18)17-14-7-8-14)21(19,20)15-9-6-12-4-2-3-5-13(12)10-15/h2-6,9-11,14H,7-8H2,1H3,(H,17,18)/t11-/m1/s1. The Morgan fingerprint density at radius 3 is 2.48 bits per heavy atom. The third kappa shape index (κ3) is 2.78. The molecule has 1 fully saturated rings. The lowest BCUT2D eigenvalue weighted by Crippen LogP contribution is -2.39. The third-order valence-corrected chi connectivity index (χ3v) is 5.86. The lowest BCUT2D eigenvalue weighted by Gasteiger charge is -2.13. The summed E-state index contributed by atoms with van der Waals surface area (Å²) in [7, 11) is -3.66. The number of fused-ring (bicyclic) bond motifs is 1. The summed E-state index contributed by atoms with van der Waals surface area (Å²) in [6.45, 7) is 1.45. The van der Waals surface area contributed by atoms with Crippen molar-refractivity contribution in [3.63, 3.8) is 0 Å². The average molecular weight is 303 g/mol. The fraction of sp³-hybridized carbons (Fsp3) is 0.312. The minimum Gasteiger partial charge on any atom is -0.352 e. The highest BCUT2D eigenvalue weighted by Crippen LogP contribution is 2.24. The van der Waals surface area contributed by atoms with E-state index in [0.29, 0.717) is 0 Å². The molecule has 4 nitrogen and oxygen atoms in total. The molecule has 0 spiro atoms. The van der Waals surface area contributed by atoms with E-state index in [1.165, 1.54) is 6.92 Å². The van der Waals surface area contributed by atoms with Gasteiger partial charge in [0.05, 0.1) is 4.90 Å². The summed E-state index contributed by atoms with van der Waals surface area (Å²) in [6, 6.07) is 12.7. The van der Waals surface area contributed by atoms with Crippen LogP contribution in [-0.2, 0) is 14.6 Å². The number of rotatable bonds is 4. The molecule has 110 valence electrons. The van der Waals surface area contributed by atoms with Crippen LogP contribution >= 0.6 is 0 Å². The van der Waals surface area contributed by atoms with Crippen molar-refractivity contribution in [1.82, 2.24) is 5.32 Å². The summed E-state index contributed by atoms with van der Waals surface area (Å²) in [5, 5.41) is 3.51.